The second-order valence-electron chi connectivity index (χ2n) is 8.18. The summed E-state index contributed by atoms with van der Waals surface area (Å²) in [5.41, 5.74) is 4.13. The summed E-state index contributed by atoms with van der Waals surface area (Å²) in [7, 11) is 0. The van der Waals surface area contributed by atoms with E-state index >= 15 is 0 Å². The van der Waals surface area contributed by atoms with E-state index in [9.17, 15) is 19.4 Å². The first-order chi connectivity index (χ1) is 16.5. The molecule has 0 spiro atoms. The van der Waals surface area contributed by atoms with Gasteiger partial charge in [-0.15, -0.1) is 24.8 Å². The van der Waals surface area contributed by atoms with Crippen LogP contribution in [0.15, 0.2) is 65.6 Å². The Bertz CT molecular complexity index is 1160. The lowest BCUT2D eigenvalue weighted by molar-refractivity contribution is -0.107. The van der Waals surface area contributed by atoms with Crippen molar-refractivity contribution in [2.24, 2.45) is 0 Å². The molecule has 1 aliphatic heterocycles. The Morgan fingerprint density at radius 3 is 2.58 bits per heavy atom. The Kier molecular flexibility index (Phi) is 12.0. The maximum Gasteiger partial charge on any atom is 0.152 e. The molecule has 10 heteroatoms. The SMILES string of the molecule is Cl.Cl.O=CC1Nc2c(O)ccc([C@@H](O)CNCCc3cccc(CNCc4ccccc4F)c3)c2S1. The predicted octanol–water partition coefficient (Wildman–Crippen LogP) is 4.57. The molecule has 0 radical (unpaired) electrons. The number of phenols is 1. The minimum absolute atomic E-state index is 0. The fraction of sp³-hybridized carbons (Fsp3) is 0.269. The van der Waals surface area contributed by atoms with Crippen LogP contribution in [0.5, 0.6) is 5.75 Å². The van der Waals surface area contributed by atoms with Crippen LogP contribution in [0.25, 0.3) is 0 Å². The number of hydrogen-bond donors (Lipinski definition) is 5. The van der Waals surface area contributed by atoms with Gasteiger partial charge in [0.2, 0.25) is 0 Å². The lowest BCUT2D eigenvalue weighted by atomic mass is 10.1. The van der Waals surface area contributed by atoms with Crippen LogP contribution in [0.2, 0.25) is 0 Å². The van der Waals surface area contributed by atoms with Gasteiger partial charge in [-0.1, -0.05) is 60.3 Å². The number of benzene rings is 3. The number of carbonyl (C=O) groups excluding carboxylic acids is 1. The summed E-state index contributed by atoms with van der Waals surface area (Å²) < 4.78 is 13.7. The topological polar surface area (TPSA) is 93.6 Å². The van der Waals surface area contributed by atoms with Crippen molar-refractivity contribution in [1.82, 2.24) is 10.6 Å². The smallest absolute Gasteiger partial charge is 0.152 e. The average molecular weight is 555 g/mol. The molecule has 0 saturated heterocycles. The highest BCUT2D eigenvalue weighted by Crippen LogP contribution is 2.46. The summed E-state index contributed by atoms with van der Waals surface area (Å²) in [4.78, 5) is 11.8. The molecule has 0 aliphatic carbocycles. The van der Waals surface area contributed by atoms with Gasteiger partial charge >= 0.3 is 0 Å². The van der Waals surface area contributed by atoms with Crippen LogP contribution < -0.4 is 16.0 Å². The molecule has 3 aromatic carbocycles. The summed E-state index contributed by atoms with van der Waals surface area (Å²) in [6.07, 6.45) is 0.815. The Morgan fingerprint density at radius 2 is 1.81 bits per heavy atom. The van der Waals surface area contributed by atoms with Gasteiger partial charge in [0.15, 0.2) is 6.29 Å². The Morgan fingerprint density at radius 1 is 1.03 bits per heavy atom. The Balaban J connectivity index is 0.00000228. The Labute approximate surface area is 226 Å². The van der Waals surface area contributed by atoms with Crippen LogP contribution in [0.1, 0.15) is 28.4 Å². The molecule has 3 aromatic rings. The molecule has 0 amide bonds. The summed E-state index contributed by atoms with van der Waals surface area (Å²) in [6.45, 7) is 2.16. The molecular weight excluding hydrogens is 524 g/mol. The van der Waals surface area contributed by atoms with Gasteiger partial charge in [-0.2, -0.15) is 0 Å². The van der Waals surface area contributed by atoms with Gasteiger partial charge in [-0.25, -0.2) is 4.39 Å². The molecule has 0 fully saturated rings. The first kappa shape index (κ1) is 29.9. The minimum Gasteiger partial charge on any atom is -0.506 e. The zero-order valence-electron chi connectivity index (χ0n) is 19.4. The summed E-state index contributed by atoms with van der Waals surface area (Å²) in [6, 6.07) is 18.2. The second-order valence-corrected chi connectivity index (χ2v) is 9.33. The number of carbonyl (C=O) groups is 1. The number of rotatable bonds is 11. The molecule has 0 bridgehead atoms. The fourth-order valence-corrected chi connectivity index (χ4v) is 5.05. The van der Waals surface area contributed by atoms with Gasteiger partial charge < -0.3 is 31.0 Å². The molecule has 2 atom stereocenters. The molecular formula is C26H30Cl2FN3O3S. The number of thioether (sulfide) groups is 1. The number of aliphatic hydroxyl groups excluding tert-OH is 1. The van der Waals surface area contributed by atoms with Crippen molar-refractivity contribution in [2.45, 2.75) is 35.9 Å². The number of hydrogen-bond acceptors (Lipinski definition) is 7. The molecule has 1 aliphatic rings. The number of nitrogens with one attached hydrogen (secondary N) is 3. The third kappa shape index (κ3) is 7.59. The molecule has 1 unspecified atom stereocenters. The highest BCUT2D eigenvalue weighted by atomic mass is 35.5. The maximum atomic E-state index is 13.7. The van der Waals surface area contributed by atoms with Gasteiger partial charge in [0.1, 0.15) is 16.9 Å². The molecule has 0 saturated carbocycles. The fourth-order valence-electron chi connectivity index (χ4n) is 3.94. The van der Waals surface area contributed by atoms with E-state index in [0.29, 0.717) is 47.9 Å². The summed E-state index contributed by atoms with van der Waals surface area (Å²) in [5.74, 6) is -0.133. The van der Waals surface area contributed by atoms with Crippen molar-refractivity contribution in [3.8, 4) is 5.75 Å². The van der Waals surface area contributed by atoms with Crippen LogP contribution in [-0.2, 0) is 24.3 Å². The average Bonchev–Trinajstić information content (AvgIpc) is 3.29. The van der Waals surface area contributed by atoms with E-state index in [1.54, 1.807) is 18.2 Å². The van der Waals surface area contributed by atoms with Crippen LogP contribution in [-0.4, -0.2) is 35.0 Å². The quantitative estimate of drug-likeness (QED) is 0.135. The zero-order chi connectivity index (χ0) is 23.9. The third-order valence-electron chi connectivity index (χ3n) is 5.70. The first-order valence-electron chi connectivity index (χ1n) is 11.2. The minimum atomic E-state index is -0.761. The highest BCUT2D eigenvalue weighted by Gasteiger charge is 2.28. The van der Waals surface area contributed by atoms with Crippen LogP contribution in [0.4, 0.5) is 10.1 Å². The number of phenolic OH excluding ortho intramolecular Hbond substituents is 1. The van der Waals surface area contributed by atoms with E-state index in [1.807, 2.05) is 18.2 Å². The van der Waals surface area contributed by atoms with Gasteiger partial charge in [-0.3, -0.25) is 0 Å². The number of aldehydes is 1. The van der Waals surface area contributed by atoms with Gasteiger partial charge in [-0.05, 0) is 41.8 Å². The van der Waals surface area contributed by atoms with E-state index in [0.717, 1.165) is 18.3 Å². The monoisotopic (exact) mass is 553 g/mol. The number of aromatic hydroxyl groups is 1. The van der Waals surface area contributed by atoms with E-state index in [2.05, 4.69) is 28.1 Å². The van der Waals surface area contributed by atoms with Crippen LogP contribution in [0.3, 0.4) is 0 Å². The third-order valence-corrected chi connectivity index (χ3v) is 6.86. The van der Waals surface area contributed by atoms with E-state index in [4.69, 9.17) is 0 Å². The highest BCUT2D eigenvalue weighted by molar-refractivity contribution is 8.01. The van der Waals surface area contributed by atoms with Crippen molar-refractivity contribution >= 4 is 48.5 Å². The lowest BCUT2D eigenvalue weighted by Crippen LogP contribution is -2.24. The van der Waals surface area contributed by atoms with E-state index in [-0.39, 0.29) is 36.4 Å². The molecule has 194 valence electrons. The number of anilines is 1. The molecule has 5 N–H and O–H groups in total. The molecule has 6 nitrogen and oxygen atoms in total. The van der Waals surface area contributed by atoms with Gasteiger partial charge in [0, 0.05) is 30.1 Å². The first-order valence-corrected chi connectivity index (χ1v) is 12.1. The van der Waals surface area contributed by atoms with Crippen LogP contribution >= 0.6 is 36.6 Å². The van der Waals surface area contributed by atoms with Crippen molar-refractivity contribution in [3.63, 3.8) is 0 Å². The van der Waals surface area contributed by atoms with E-state index < -0.39 is 11.5 Å². The molecule has 1 heterocycles. The van der Waals surface area contributed by atoms with Gasteiger partial charge in [0.25, 0.3) is 0 Å². The van der Waals surface area contributed by atoms with Crippen molar-refractivity contribution < 1.29 is 19.4 Å². The summed E-state index contributed by atoms with van der Waals surface area (Å²) in [5, 5.41) is 29.8. The van der Waals surface area contributed by atoms with Crippen molar-refractivity contribution in [1.29, 1.82) is 0 Å². The molecule has 36 heavy (non-hydrogen) atoms. The number of aliphatic hydroxyl groups is 1. The maximum absolute atomic E-state index is 13.7. The van der Waals surface area contributed by atoms with Crippen LogP contribution in [0, 0.1) is 5.82 Å². The number of fused-ring (bicyclic) bond motifs is 1. The van der Waals surface area contributed by atoms with Crippen molar-refractivity contribution in [3.05, 3.63) is 88.7 Å². The van der Waals surface area contributed by atoms with E-state index in [1.165, 1.54) is 29.5 Å². The van der Waals surface area contributed by atoms with Gasteiger partial charge in [0.05, 0.1) is 11.8 Å². The van der Waals surface area contributed by atoms with Crippen molar-refractivity contribution in [2.75, 3.05) is 18.4 Å². The molecule has 0 aromatic heterocycles. The summed E-state index contributed by atoms with van der Waals surface area (Å²) >= 11 is 1.29. The second kappa shape index (κ2) is 14.4. The molecule has 4 rings (SSSR count). The normalized spacial score (nSPS) is 14.7. The standard InChI is InChI=1S/C26H28FN3O3S.2ClH/c27-21-7-2-1-6-19(21)14-29-13-18-5-3-4-17(12-18)10-11-28-15-23(33)20-8-9-22(32)25-26(20)34-24(16-31)30-25;;/h1-9,12,16,23-24,28-30,32-33H,10-11,13-15H2;2*1H/t23-,24?;;/m0../s1. The predicted molar refractivity (Wildman–Crippen MR) is 147 cm³/mol. The number of halogens is 3. The lowest BCUT2D eigenvalue weighted by Gasteiger charge is -2.16. The largest absolute Gasteiger partial charge is 0.506 e. The Hall–Kier alpha value is -2.33. The zero-order valence-corrected chi connectivity index (χ0v) is 21.9.